The van der Waals surface area contributed by atoms with Crippen molar-refractivity contribution in [2.45, 2.75) is 70.4 Å². The van der Waals surface area contributed by atoms with Crippen LogP contribution in [0.3, 0.4) is 0 Å². The summed E-state index contributed by atoms with van der Waals surface area (Å²) in [6, 6.07) is 6.59. The van der Waals surface area contributed by atoms with Crippen molar-refractivity contribution in [3.63, 3.8) is 0 Å². The van der Waals surface area contributed by atoms with E-state index in [0.717, 1.165) is 31.2 Å². The van der Waals surface area contributed by atoms with Gasteiger partial charge in [-0.2, -0.15) is 0 Å². The van der Waals surface area contributed by atoms with Gasteiger partial charge in [0.05, 0.1) is 5.60 Å². The fourth-order valence-electron chi connectivity index (χ4n) is 5.23. The molecule has 8 nitrogen and oxygen atoms in total. The number of aliphatic imine (C=N–C) groups is 1. The molecule has 1 aliphatic heterocycles. The van der Waals surface area contributed by atoms with Crippen molar-refractivity contribution in [3.8, 4) is 0 Å². The Morgan fingerprint density at radius 1 is 1.24 bits per heavy atom. The number of amides is 2. The number of piperidine rings is 1. The van der Waals surface area contributed by atoms with Gasteiger partial charge in [0.2, 0.25) is 11.8 Å². The molecule has 2 aliphatic rings. The van der Waals surface area contributed by atoms with Gasteiger partial charge in [0.25, 0.3) is 0 Å². The second-order valence-electron chi connectivity index (χ2n) is 10.3. The number of carbonyl (C=O) groups excluding carboxylic acids is 2. The van der Waals surface area contributed by atoms with Crippen molar-refractivity contribution in [2.75, 3.05) is 19.6 Å². The maximum atomic E-state index is 13.6. The SMILES string of the molecule is CC1(C)CN(C(=O)C(CCCN=C(N)N)NC(=O)C2CCCC2)CCC1(O)c1ccc(Cl)cc1. The summed E-state index contributed by atoms with van der Waals surface area (Å²) < 4.78 is 0. The number of likely N-dealkylation sites (tertiary alicyclic amines) is 1. The lowest BCUT2D eigenvalue weighted by molar-refractivity contribution is -0.156. The molecule has 1 heterocycles. The second-order valence-corrected chi connectivity index (χ2v) is 10.7. The van der Waals surface area contributed by atoms with Crippen LogP contribution < -0.4 is 16.8 Å². The van der Waals surface area contributed by atoms with Crippen molar-refractivity contribution >= 4 is 29.4 Å². The molecule has 0 spiro atoms. The van der Waals surface area contributed by atoms with E-state index in [1.165, 1.54) is 0 Å². The van der Waals surface area contributed by atoms with E-state index in [1.807, 2.05) is 26.0 Å². The monoisotopic (exact) mass is 491 g/mol. The van der Waals surface area contributed by atoms with E-state index in [9.17, 15) is 14.7 Å². The van der Waals surface area contributed by atoms with Crippen molar-refractivity contribution in [1.29, 1.82) is 0 Å². The number of guanidine groups is 1. The minimum Gasteiger partial charge on any atom is -0.384 e. The van der Waals surface area contributed by atoms with Crippen LogP contribution in [0.5, 0.6) is 0 Å². The molecule has 1 aliphatic carbocycles. The summed E-state index contributed by atoms with van der Waals surface area (Å²) in [5.41, 5.74) is 9.92. The highest BCUT2D eigenvalue weighted by atomic mass is 35.5. The van der Waals surface area contributed by atoms with Crippen LogP contribution in [0.15, 0.2) is 29.3 Å². The number of nitrogens with two attached hydrogens (primary N) is 2. The third kappa shape index (κ3) is 6.02. The van der Waals surface area contributed by atoms with E-state index in [-0.39, 0.29) is 23.7 Å². The standard InChI is InChI=1S/C25H38ClN5O3/c1-24(2)16-31(15-13-25(24,34)18-9-11-19(26)12-10-18)22(33)20(8-5-14-29-23(27)28)30-21(32)17-6-3-4-7-17/h9-12,17,20,34H,3-8,13-16H2,1-2H3,(H,30,32)(H4,27,28,29). The Hall–Kier alpha value is -2.32. The van der Waals surface area contributed by atoms with Gasteiger partial charge in [-0.25, -0.2) is 0 Å². The van der Waals surface area contributed by atoms with Gasteiger partial charge in [0.15, 0.2) is 5.96 Å². The molecule has 3 rings (SSSR count). The number of carbonyl (C=O) groups is 2. The molecule has 2 atom stereocenters. The highest BCUT2D eigenvalue weighted by molar-refractivity contribution is 6.30. The molecule has 2 unspecified atom stereocenters. The number of nitrogens with zero attached hydrogens (tertiary/aromatic N) is 2. The third-order valence-electron chi connectivity index (χ3n) is 7.37. The minimum absolute atomic E-state index is 0.0112. The van der Waals surface area contributed by atoms with Crippen LogP contribution in [0.4, 0.5) is 0 Å². The summed E-state index contributed by atoms with van der Waals surface area (Å²) in [6.07, 6.45) is 5.25. The number of hydrogen-bond acceptors (Lipinski definition) is 4. The normalized spacial score (nSPS) is 23.4. The summed E-state index contributed by atoms with van der Waals surface area (Å²) in [5.74, 6) is -0.188. The van der Waals surface area contributed by atoms with Crippen LogP contribution >= 0.6 is 11.6 Å². The largest absolute Gasteiger partial charge is 0.384 e. The molecular weight excluding hydrogens is 454 g/mol. The Kier molecular flexibility index (Phi) is 8.47. The summed E-state index contributed by atoms with van der Waals surface area (Å²) in [7, 11) is 0. The van der Waals surface area contributed by atoms with Crippen LogP contribution in [0.1, 0.15) is 64.4 Å². The lowest BCUT2D eigenvalue weighted by Gasteiger charge is -2.51. The number of halogens is 1. The van der Waals surface area contributed by atoms with Crippen LogP contribution in [-0.4, -0.2) is 53.5 Å². The van der Waals surface area contributed by atoms with Crippen LogP contribution in [-0.2, 0) is 15.2 Å². The first-order valence-electron chi connectivity index (χ1n) is 12.2. The Bertz CT molecular complexity index is 894. The topological polar surface area (TPSA) is 134 Å². The third-order valence-corrected chi connectivity index (χ3v) is 7.62. The average molecular weight is 492 g/mol. The summed E-state index contributed by atoms with van der Waals surface area (Å²) in [6.45, 7) is 5.09. The zero-order chi connectivity index (χ0) is 24.9. The van der Waals surface area contributed by atoms with E-state index >= 15 is 0 Å². The first-order valence-corrected chi connectivity index (χ1v) is 12.5. The van der Waals surface area contributed by atoms with Gasteiger partial charge < -0.3 is 26.8 Å². The number of rotatable bonds is 8. The van der Waals surface area contributed by atoms with E-state index < -0.39 is 17.1 Å². The van der Waals surface area contributed by atoms with Crippen molar-refractivity contribution < 1.29 is 14.7 Å². The molecular formula is C25H38ClN5O3. The zero-order valence-corrected chi connectivity index (χ0v) is 21.0. The first kappa shape index (κ1) is 26.3. The fourth-order valence-corrected chi connectivity index (χ4v) is 5.36. The molecule has 1 saturated carbocycles. The molecule has 0 bridgehead atoms. The Morgan fingerprint density at radius 3 is 2.47 bits per heavy atom. The van der Waals surface area contributed by atoms with Crippen molar-refractivity contribution in [1.82, 2.24) is 10.2 Å². The van der Waals surface area contributed by atoms with E-state index in [1.54, 1.807) is 17.0 Å². The van der Waals surface area contributed by atoms with Crippen LogP contribution in [0.2, 0.25) is 5.02 Å². The van der Waals surface area contributed by atoms with E-state index in [4.69, 9.17) is 23.1 Å². The lowest BCUT2D eigenvalue weighted by Crippen LogP contribution is -2.60. The van der Waals surface area contributed by atoms with Gasteiger partial charge in [0, 0.05) is 36.0 Å². The molecule has 6 N–H and O–H groups in total. The number of aliphatic hydroxyl groups is 1. The van der Waals surface area contributed by atoms with Crippen LogP contribution in [0.25, 0.3) is 0 Å². The highest BCUT2D eigenvalue weighted by Gasteiger charge is 2.50. The summed E-state index contributed by atoms with van der Waals surface area (Å²) in [5, 5.41) is 15.2. The first-order chi connectivity index (χ1) is 16.0. The Labute approximate surface area is 207 Å². The fraction of sp³-hybridized carbons (Fsp3) is 0.640. The minimum atomic E-state index is -1.09. The highest BCUT2D eigenvalue weighted by Crippen LogP contribution is 2.46. The Balaban J connectivity index is 1.72. The van der Waals surface area contributed by atoms with Crippen molar-refractivity contribution in [3.05, 3.63) is 34.9 Å². The molecule has 34 heavy (non-hydrogen) atoms. The summed E-state index contributed by atoms with van der Waals surface area (Å²) >= 11 is 6.03. The molecule has 2 fully saturated rings. The van der Waals surface area contributed by atoms with Crippen LogP contribution in [0, 0.1) is 11.3 Å². The quantitative estimate of drug-likeness (QED) is 0.252. The van der Waals surface area contributed by atoms with Gasteiger partial charge in [0.1, 0.15) is 6.04 Å². The molecule has 1 aromatic rings. The molecule has 1 aromatic carbocycles. The molecule has 1 saturated heterocycles. The van der Waals surface area contributed by atoms with Gasteiger partial charge in [-0.05, 0) is 49.8 Å². The zero-order valence-electron chi connectivity index (χ0n) is 20.2. The molecule has 2 amide bonds. The van der Waals surface area contributed by atoms with Crippen molar-refractivity contribution in [2.24, 2.45) is 27.8 Å². The summed E-state index contributed by atoms with van der Waals surface area (Å²) in [4.78, 5) is 32.2. The van der Waals surface area contributed by atoms with Gasteiger partial charge in [-0.3, -0.25) is 14.6 Å². The Morgan fingerprint density at radius 2 is 1.88 bits per heavy atom. The van der Waals surface area contributed by atoms with Gasteiger partial charge in [-0.15, -0.1) is 0 Å². The van der Waals surface area contributed by atoms with Gasteiger partial charge >= 0.3 is 0 Å². The maximum absolute atomic E-state index is 13.6. The molecule has 9 heteroatoms. The predicted octanol–water partition coefficient (Wildman–Crippen LogP) is 2.51. The number of hydrogen-bond donors (Lipinski definition) is 4. The van der Waals surface area contributed by atoms with E-state index in [2.05, 4.69) is 10.3 Å². The maximum Gasteiger partial charge on any atom is 0.245 e. The predicted molar refractivity (Wildman–Crippen MR) is 134 cm³/mol. The number of nitrogens with one attached hydrogen (secondary N) is 1. The number of benzene rings is 1. The molecule has 0 aromatic heterocycles. The molecule has 0 radical (unpaired) electrons. The second kappa shape index (κ2) is 11.0. The lowest BCUT2D eigenvalue weighted by atomic mass is 9.66. The van der Waals surface area contributed by atoms with Gasteiger partial charge in [-0.1, -0.05) is 50.4 Å². The smallest absolute Gasteiger partial charge is 0.245 e. The van der Waals surface area contributed by atoms with E-state index in [0.29, 0.717) is 43.9 Å². The molecule has 188 valence electrons. The average Bonchev–Trinajstić information content (AvgIpc) is 3.32.